The van der Waals surface area contributed by atoms with E-state index in [1.54, 1.807) is 24.3 Å². The van der Waals surface area contributed by atoms with Crippen molar-refractivity contribution in [3.05, 3.63) is 29.8 Å². The quantitative estimate of drug-likeness (QED) is 0.497. The highest BCUT2D eigenvalue weighted by Gasteiger charge is 2.44. The molecule has 0 unspecified atom stereocenters. The monoisotopic (exact) mass is 486 g/mol. The highest BCUT2D eigenvalue weighted by molar-refractivity contribution is 5.97. The van der Waals surface area contributed by atoms with Crippen LogP contribution in [0.4, 0.5) is 10.5 Å². The first kappa shape index (κ1) is 25.7. The number of anilines is 1. The predicted molar refractivity (Wildman–Crippen MR) is 125 cm³/mol. The molecule has 188 valence electrons. The maximum absolute atomic E-state index is 13.4. The number of hydrogen-bond donors (Lipinski definition) is 2. The number of carbonyl (C=O) groups is 6. The largest absolute Gasteiger partial charge is 0.378 e. The Balaban J connectivity index is 1.79. The lowest BCUT2D eigenvalue weighted by atomic mass is 10.1. The summed E-state index contributed by atoms with van der Waals surface area (Å²) in [4.78, 5) is 76.5. The second-order valence-electron chi connectivity index (χ2n) is 8.74. The predicted octanol–water partition coefficient (Wildman–Crippen LogP) is 0.0939. The summed E-state index contributed by atoms with van der Waals surface area (Å²) in [6.07, 6.45) is 0.964. The lowest BCUT2D eigenvalue weighted by Gasteiger charge is -2.43. The van der Waals surface area contributed by atoms with Gasteiger partial charge in [0, 0.05) is 44.7 Å². The molecule has 1 aromatic rings. The molecule has 2 heterocycles. The molecule has 2 N–H and O–H groups in total. The van der Waals surface area contributed by atoms with Crippen LogP contribution in [0, 0.1) is 0 Å². The third-order valence-corrected chi connectivity index (χ3v) is 5.85. The lowest BCUT2D eigenvalue weighted by Crippen LogP contribution is -2.64. The number of hydrogen-bond acceptors (Lipinski definition) is 7. The van der Waals surface area contributed by atoms with Gasteiger partial charge in [-0.2, -0.15) is 0 Å². The summed E-state index contributed by atoms with van der Waals surface area (Å²) in [7, 11) is 3.74. The Kier molecular flexibility index (Phi) is 8.05. The van der Waals surface area contributed by atoms with Crippen LogP contribution in [-0.4, -0.2) is 90.1 Å². The Morgan fingerprint density at radius 1 is 1.14 bits per heavy atom. The minimum atomic E-state index is -1.08. The molecule has 12 nitrogen and oxygen atoms in total. The van der Waals surface area contributed by atoms with Crippen molar-refractivity contribution in [1.82, 2.24) is 25.8 Å². The summed E-state index contributed by atoms with van der Waals surface area (Å²) in [6.45, 7) is 1.48. The number of amides is 5. The molecular formula is C23H30N6O6. The van der Waals surface area contributed by atoms with E-state index < -0.39 is 29.9 Å². The summed E-state index contributed by atoms with van der Waals surface area (Å²) in [5.41, 5.74) is 3.76. The van der Waals surface area contributed by atoms with E-state index in [0.717, 1.165) is 15.7 Å². The van der Waals surface area contributed by atoms with E-state index in [2.05, 4.69) is 10.7 Å². The minimum Gasteiger partial charge on any atom is -0.378 e. The fourth-order valence-electron chi connectivity index (χ4n) is 4.04. The molecule has 2 aliphatic heterocycles. The number of nitrogens with one attached hydrogen (secondary N) is 2. The number of nitrogens with zero attached hydrogens (tertiary/aromatic N) is 4. The molecule has 0 saturated carbocycles. The van der Waals surface area contributed by atoms with Gasteiger partial charge in [0.25, 0.3) is 5.91 Å². The van der Waals surface area contributed by atoms with Gasteiger partial charge in [0.05, 0.1) is 12.6 Å². The van der Waals surface area contributed by atoms with Crippen molar-refractivity contribution in [3.8, 4) is 0 Å². The molecule has 12 heteroatoms. The van der Waals surface area contributed by atoms with Gasteiger partial charge < -0.3 is 15.0 Å². The van der Waals surface area contributed by atoms with Crippen molar-refractivity contribution in [2.75, 3.05) is 32.1 Å². The fourth-order valence-corrected chi connectivity index (χ4v) is 4.04. The van der Waals surface area contributed by atoms with Crippen LogP contribution in [0.3, 0.4) is 0 Å². The van der Waals surface area contributed by atoms with Crippen LogP contribution >= 0.6 is 0 Å². The third kappa shape index (κ3) is 5.94. The maximum Gasteiger partial charge on any atom is 0.358 e. The van der Waals surface area contributed by atoms with Crippen molar-refractivity contribution in [1.29, 1.82) is 0 Å². The first-order valence-corrected chi connectivity index (χ1v) is 11.4. The molecule has 3 rings (SSSR count). The average molecular weight is 487 g/mol. The normalized spacial score (nSPS) is 18.8. The van der Waals surface area contributed by atoms with E-state index in [1.165, 1.54) is 11.9 Å². The van der Waals surface area contributed by atoms with Gasteiger partial charge in [0.15, 0.2) is 0 Å². The number of carbonyl (C=O) groups excluding carboxylic acids is 6. The first-order valence-electron chi connectivity index (χ1n) is 11.4. The van der Waals surface area contributed by atoms with Gasteiger partial charge in [-0.1, -0.05) is 0 Å². The van der Waals surface area contributed by atoms with Crippen molar-refractivity contribution >= 4 is 41.5 Å². The van der Waals surface area contributed by atoms with Gasteiger partial charge in [-0.15, -0.1) is 0 Å². The molecule has 5 amide bonds. The number of rotatable bonds is 8. The van der Waals surface area contributed by atoms with Crippen LogP contribution in [0.25, 0.3) is 0 Å². The Morgan fingerprint density at radius 3 is 2.43 bits per heavy atom. The van der Waals surface area contributed by atoms with Crippen LogP contribution < -0.4 is 15.6 Å². The molecule has 0 bridgehead atoms. The van der Waals surface area contributed by atoms with E-state index in [9.17, 15) is 28.8 Å². The topological polar surface area (TPSA) is 139 Å². The van der Waals surface area contributed by atoms with E-state index in [1.807, 2.05) is 19.0 Å². The third-order valence-electron chi connectivity index (χ3n) is 5.85. The van der Waals surface area contributed by atoms with Gasteiger partial charge >= 0.3 is 6.03 Å². The Hall–Kier alpha value is -3.96. The standard InChI is InChI=1S/C23H30N6O6/c1-15(31)13-17(14-30)24-22(34)19-5-4-11-28-20(32)10-12-27(23(35)29(19)28)25-21(33)16-6-8-18(9-7-16)26(2)3/h6-9,14,17,19H,4-5,10-13H2,1-3H3,(H,24,34)(H,25,33)/t17-,19-/m0/s1. The van der Waals surface area contributed by atoms with E-state index in [4.69, 9.17) is 0 Å². The van der Waals surface area contributed by atoms with Crippen molar-refractivity contribution in [2.45, 2.75) is 44.7 Å². The Bertz CT molecular complexity index is 1010. The van der Waals surface area contributed by atoms with E-state index >= 15 is 0 Å². The zero-order valence-electron chi connectivity index (χ0n) is 20.0. The van der Waals surface area contributed by atoms with Crippen LogP contribution in [0.15, 0.2) is 24.3 Å². The molecular weight excluding hydrogens is 456 g/mol. The molecule has 35 heavy (non-hydrogen) atoms. The molecule has 2 saturated heterocycles. The highest BCUT2D eigenvalue weighted by atomic mass is 16.2. The lowest BCUT2D eigenvalue weighted by molar-refractivity contribution is -0.155. The second kappa shape index (κ2) is 11.0. The summed E-state index contributed by atoms with van der Waals surface area (Å²) >= 11 is 0. The molecule has 0 spiro atoms. The number of fused-ring (bicyclic) bond motifs is 1. The minimum absolute atomic E-state index is 0.0439. The second-order valence-corrected chi connectivity index (χ2v) is 8.74. The number of Topliss-reactive ketones (excluding diaryl/α,β-unsaturated/α-hetero) is 1. The van der Waals surface area contributed by atoms with Crippen LogP contribution in [0.1, 0.15) is 43.0 Å². The summed E-state index contributed by atoms with van der Waals surface area (Å²) in [5.74, 6) is -1.83. The number of aldehydes is 1. The van der Waals surface area contributed by atoms with Gasteiger partial charge in [0.2, 0.25) is 11.8 Å². The maximum atomic E-state index is 13.4. The Morgan fingerprint density at radius 2 is 1.83 bits per heavy atom. The van der Waals surface area contributed by atoms with Crippen molar-refractivity contribution < 1.29 is 28.8 Å². The number of urea groups is 1. The van der Waals surface area contributed by atoms with Gasteiger partial charge in [-0.05, 0) is 44.0 Å². The van der Waals surface area contributed by atoms with Crippen molar-refractivity contribution in [3.63, 3.8) is 0 Å². The highest BCUT2D eigenvalue weighted by Crippen LogP contribution is 2.24. The summed E-state index contributed by atoms with van der Waals surface area (Å²) in [6, 6.07) is 3.93. The SMILES string of the molecule is CC(=O)C[C@@H](C=O)NC(=O)[C@@H]1CCCN2C(=O)CCN(NC(=O)c3ccc(N(C)C)cc3)C(=O)N12. The number of hydrazine groups is 2. The average Bonchev–Trinajstić information content (AvgIpc) is 2.95. The smallest absolute Gasteiger partial charge is 0.358 e. The molecule has 2 fully saturated rings. The molecule has 1 aromatic carbocycles. The molecule has 0 radical (unpaired) electrons. The van der Waals surface area contributed by atoms with E-state index in [0.29, 0.717) is 18.3 Å². The summed E-state index contributed by atoms with van der Waals surface area (Å²) < 4.78 is 0. The van der Waals surface area contributed by atoms with E-state index in [-0.39, 0.29) is 44.0 Å². The Labute approximate surface area is 203 Å². The zero-order valence-corrected chi connectivity index (χ0v) is 20.0. The van der Waals surface area contributed by atoms with Crippen LogP contribution in [0.2, 0.25) is 0 Å². The van der Waals surface area contributed by atoms with Crippen LogP contribution in [0.5, 0.6) is 0 Å². The zero-order chi connectivity index (χ0) is 25.7. The van der Waals surface area contributed by atoms with Gasteiger partial charge in [-0.3, -0.25) is 24.6 Å². The van der Waals surface area contributed by atoms with Crippen molar-refractivity contribution in [2.24, 2.45) is 0 Å². The number of benzene rings is 1. The number of ketones is 1. The molecule has 2 aliphatic rings. The van der Waals surface area contributed by atoms with Gasteiger partial charge in [0.1, 0.15) is 18.1 Å². The summed E-state index contributed by atoms with van der Waals surface area (Å²) in [5, 5.41) is 5.77. The van der Waals surface area contributed by atoms with Crippen LogP contribution in [-0.2, 0) is 19.2 Å². The molecule has 2 atom stereocenters. The first-order chi connectivity index (χ1) is 16.6. The van der Waals surface area contributed by atoms with Gasteiger partial charge in [-0.25, -0.2) is 19.8 Å². The fraction of sp³-hybridized carbons (Fsp3) is 0.478. The molecule has 0 aromatic heterocycles. The molecule has 0 aliphatic carbocycles.